The van der Waals surface area contributed by atoms with Gasteiger partial charge in [-0.2, -0.15) is 8.78 Å². The normalized spacial score (nSPS) is 15.0. The monoisotopic (exact) mass is 301 g/mol. The Morgan fingerprint density at radius 1 is 1.24 bits per heavy atom. The highest BCUT2D eigenvalue weighted by atomic mass is 19.3. The highest BCUT2D eigenvalue weighted by Gasteiger charge is 2.19. The molecule has 1 aromatic carbocycles. The van der Waals surface area contributed by atoms with Crippen molar-refractivity contribution in [1.29, 1.82) is 0 Å². The summed E-state index contributed by atoms with van der Waals surface area (Å²) in [4.78, 5) is 0. The van der Waals surface area contributed by atoms with Crippen molar-refractivity contribution in [2.24, 2.45) is 5.41 Å². The molecule has 0 radical (unpaired) electrons. The second kappa shape index (κ2) is 7.71. The van der Waals surface area contributed by atoms with E-state index in [1.54, 1.807) is 18.2 Å². The van der Waals surface area contributed by atoms with Crippen molar-refractivity contribution in [3.63, 3.8) is 0 Å². The second-order valence-corrected chi connectivity index (χ2v) is 6.46. The maximum Gasteiger partial charge on any atom is 0.387 e. The second-order valence-electron chi connectivity index (χ2n) is 6.46. The van der Waals surface area contributed by atoms with Crippen molar-refractivity contribution in [2.45, 2.75) is 52.9 Å². The van der Waals surface area contributed by atoms with E-state index >= 15 is 0 Å². The van der Waals surface area contributed by atoms with Gasteiger partial charge >= 0.3 is 6.61 Å². The third-order valence-electron chi connectivity index (χ3n) is 3.11. The quantitative estimate of drug-likeness (QED) is 0.806. The zero-order valence-electron chi connectivity index (χ0n) is 13.1. The molecule has 1 aromatic rings. The molecule has 0 fully saturated rings. The smallest absolute Gasteiger partial charge is 0.387 e. The molecule has 0 aliphatic heterocycles. The van der Waals surface area contributed by atoms with E-state index in [-0.39, 0.29) is 17.2 Å². The van der Waals surface area contributed by atoms with Crippen LogP contribution in [0.2, 0.25) is 0 Å². The van der Waals surface area contributed by atoms with Crippen LogP contribution in [0.4, 0.5) is 8.78 Å². The fourth-order valence-electron chi connectivity index (χ4n) is 2.24. The summed E-state index contributed by atoms with van der Waals surface area (Å²) in [6.07, 6.45) is 0.192. The molecule has 21 heavy (non-hydrogen) atoms. The summed E-state index contributed by atoms with van der Waals surface area (Å²) in [7, 11) is 0. The number of aliphatic hydroxyl groups excluding tert-OH is 1. The number of hydrogen-bond donors (Lipinski definition) is 2. The highest BCUT2D eigenvalue weighted by Crippen LogP contribution is 2.26. The van der Waals surface area contributed by atoms with Gasteiger partial charge in [0.15, 0.2) is 0 Å². The van der Waals surface area contributed by atoms with Crippen molar-refractivity contribution < 1.29 is 18.6 Å². The molecule has 2 N–H and O–H groups in total. The van der Waals surface area contributed by atoms with E-state index in [9.17, 15) is 13.9 Å². The zero-order chi connectivity index (χ0) is 16.0. The summed E-state index contributed by atoms with van der Waals surface area (Å²) in [5.41, 5.74) is 0.696. The first-order valence-electron chi connectivity index (χ1n) is 7.14. The summed E-state index contributed by atoms with van der Waals surface area (Å²) in [5.74, 6) is 0.165. The lowest BCUT2D eigenvalue weighted by molar-refractivity contribution is -0.0507. The minimum absolute atomic E-state index is 0.0427. The topological polar surface area (TPSA) is 41.5 Å². The minimum Gasteiger partial charge on any atom is -0.434 e. The number of para-hydroxylation sites is 1. The number of benzene rings is 1. The Balaban J connectivity index is 2.61. The fourth-order valence-corrected chi connectivity index (χ4v) is 2.24. The molecule has 0 aliphatic rings. The van der Waals surface area contributed by atoms with Gasteiger partial charge in [-0.05, 0) is 24.8 Å². The molecule has 2 atom stereocenters. The molecule has 0 spiro atoms. The van der Waals surface area contributed by atoms with Gasteiger partial charge in [0.05, 0.1) is 6.10 Å². The number of hydrogen-bond acceptors (Lipinski definition) is 3. The molecule has 3 nitrogen and oxygen atoms in total. The molecule has 0 bridgehead atoms. The predicted octanol–water partition coefficient (Wildman–Crippen LogP) is 3.74. The number of rotatable bonds is 7. The summed E-state index contributed by atoms with van der Waals surface area (Å²) in [5, 5.41) is 13.1. The fraction of sp³-hybridized carbons (Fsp3) is 0.625. The Kier molecular flexibility index (Phi) is 6.55. The van der Waals surface area contributed by atoms with Gasteiger partial charge in [0.2, 0.25) is 0 Å². The Labute approximate surface area is 125 Å². The number of halogens is 2. The summed E-state index contributed by atoms with van der Waals surface area (Å²) in [6, 6.07) is 6.51. The lowest BCUT2D eigenvalue weighted by Gasteiger charge is -2.24. The molecule has 0 aliphatic carbocycles. The van der Waals surface area contributed by atoms with E-state index in [1.807, 2.05) is 6.92 Å². The Bertz CT molecular complexity index is 433. The molecule has 1 rings (SSSR count). The minimum atomic E-state index is -2.84. The van der Waals surface area contributed by atoms with E-state index in [1.165, 1.54) is 6.07 Å². The van der Waals surface area contributed by atoms with Crippen LogP contribution in [-0.4, -0.2) is 24.4 Å². The van der Waals surface area contributed by atoms with Crippen LogP contribution in [-0.2, 0) is 0 Å². The number of ether oxygens (including phenoxy) is 1. The standard InChI is InChI=1S/C16H25F2NO2/c1-11(19-10-12(20)9-16(2,3)4)13-7-5-6-8-14(13)21-15(17)18/h5-8,11-12,15,19-20H,9-10H2,1-4H3. The third-order valence-corrected chi connectivity index (χ3v) is 3.11. The number of nitrogens with one attached hydrogen (secondary N) is 1. The third kappa shape index (κ3) is 6.87. The van der Waals surface area contributed by atoms with Gasteiger partial charge in [0, 0.05) is 18.2 Å². The molecule has 0 saturated heterocycles. The molecule has 0 amide bonds. The SMILES string of the molecule is CC(NCC(O)CC(C)(C)C)c1ccccc1OC(F)F. The van der Waals surface area contributed by atoms with Crippen LogP contribution in [0.1, 0.15) is 45.7 Å². The maximum absolute atomic E-state index is 12.4. The average molecular weight is 301 g/mol. The van der Waals surface area contributed by atoms with Crippen LogP contribution in [0.15, 0.2) is 24.3 Å². The molecule has 0 heterocycles. The average Bonchev–Trinajstić information content (AvgIpc) is 2.34. The Morgan fingerprint density at radius 2 is 1.86 bits per heavy atom. The van der Waals surface area contributed by atoms with Crippen molar-refractivity contribution in [3.05, 3.63) is 29.8 Å². The molecule has 5 heteroatoms. The van der Waals surface area contributed by atoms with Gasteiger partial charge in [-0.1, -0.05) is 39.0 Å². The van der Waals surface area contributed by atoms with Crippen molar-refractivity contribution >= 4 is 0 Å². The van der Waals surface area contributed by atoms with Crippen LogP contribution in [0.3, 0.4) is 0 Å². The van der Waals surface area contributed by atoms with Crippen LogP contribution in [0.5, 0.6) is 5.75 Å². The van der Waals surface area contributed by atoms with E-state index < -0.39 is 12.7 Å². The number of aliphatic hydroxyl groups is 1. The van der Waals surface area contributed by atoms with Crippen molar-refractivity contribution in [3.8, 4) is 5.75 Å². The summed E-state index contributed by atoms with van der Waals surface area (Å²) in [6.45, 7) is 5.60. The van der Waals surface area contributed by atoms with Crippen molar-refractivity contribution in [1.82, 2.24) is 5.32 Å². The van der Waals surface area contributed by atoms with Crippen molar-refractivity contribution in [2.75, 3.05) is 6.54 Å². The first-order valence-corrected chi connectivity index (χ1v) is 7.14. The van der Waals surface area contributed by atoms with E-state index in [2.05, 4.69) is 30.8 Å². The van der Waals surface area contributed by atoms with E-state index in [4.69, 9.17) is 0 Å². The van der Waals surface area contributed by atoms with Crippen LogP contribution in [0.25, 0.3) is 0 Å². The summed E-state index contributed by atoms with van der Waals surface area (Å²) >= 11 is 0. The lowest BCUT2D eigenvalue weighted by Crippen LogP contribution is -2.32. The van der Waals surface area contributed by atoms with Gasteiger partial charge in [-0.25, -0.2) is 0 Å². The molecule has 0 saturated carbocycles. The molecular weight excluding hydrogens is 276 g/mol. The molecular formula is C16H25F2NO2. The molecule has 0 aromatic heterocycles. The van der Waals surface area contributed by atoms with E-state index in [0.717, 1.165) is 0 Å². The highest BCUT2D eigenvalue weighted by molar-refractivity contribution is 5.35. The van der Waals surface area contributed by atoms with Gasteiger partial charge in [-0.3, -0.25) is 0 Å². The first kappa shape index (κ1) is 17.9. The largest absolute Gasteiger partial charge is 0.434 e. The van der Waals surface area contributed by atoms with Crippen LogP contribution >= 0.6 is 0 Å². The van der Waals surface area contributed by atoms with Crippen LogP contribution < -0.4 is 10.1 Å². The predicted molar refractivity (Wildman–Crippen MR) is 79.6 cm³/mol. The Hall–Kier alpha value is -1.20. The van der Waals surface area contributed by atoms with Gasteiger partial charge in [0.1, 0.15) is 5.75 Å². The van der Waals surface area contributed by atoms with Crippen LogP contribution in [0, 0.1) is 5.41 Å². The van der Waals surface area contributed by atoms with Gasteiger partial charge < -0.3 is 15.2 Å². The maximum atomic E-state index is 12.4. The first-order chi connectivity index (χ1) is 9.69. The lowest BCUT2D eigenvalue weighted by atomic mass is 9.89. The van der Waals surface area contributed by atoms with E-state index in [0.29, 0.717) is 18.5 Å². The van der Waals surface area contributed by atoms with Gasteiger partial charge in [-0.15, -0.1) is 0 Å². The summed E-state index contributed by atoms with van der Waals surface area (Å²) < 4.78 is 29.3. The molecule has 120 valence electrons. The van der Waals surface area contributed by atoms with Gasteiger partial charge in [0.25, 0.3) is 0 Å². The molecule has 2 unspecified atom stereocenters. The zero-order valence-corrected chi connectivity index (χ0v) is 13.1. The number of alkyl halides is 2. The Morgan fingerprint density at radius 3 is 2.43 bits per heavy atom.